The van der Waals surface area contributed by atoms with Crippen molar-refractivity contribution in [3.8, 4) is 0 Å². The van der Waals surface area contributed by atoms with Gasteiger partial charge >= 0.3 is 5.91 Å². The van der Waals surface area contributed by atoms with E-state index in [1.807, 2.05) is 18.2 Å². The number of carbonyl (C=O) groups is 2. The molecule has 0 atom stereocenters. The second-order valence-corrected chi connectivity index (χ2v) is 3.25. The van der Waals surface area contributed by atoms with E-state index >= 15 is 0 Å². The number of rotatable bonds is 0. The Hall–Kier alpha value is -2.29. The largest absolute Gasteiger partial charge is 0.317 e. The summed E-state index contributed by atoms with van der Waals surface area (Å²) in [5, 5.41) is 1.33. The summed E-state index contributed by atoms with van der Waals surface area (Å²) in [6.45, 7) is 0. The van der Waals surface area contributed by atoms with Crippen molar-refractivity contribution >= 4 is 17.8 Å². The fraction of sp³-hybridized carbons (Fsp3) is 0. The van der Waals surface area contributed by atoms with Crippen LogP contribution in [0.5, 0.6) is 0 Å². The summed E-state index contributed by atoms with van der Waals surface area (Å²) >= 11 is 0. The number of benzene rings is 1. The summed E-state index contributed by atoms with van der Waals surface area (Å²) in [5.74, 6) is -1.35. The zero-order valence-electron chi connectivity index (χ0n) is 8.46. The summed E-state index contributed by atoms with van der Waals surface area (Å²) < 4.78 is 0. The van der Waals surface area contributed by atoms with Gasteiger partial charge in [-0.3, -0.25) is 9.59 Å². The van der Waals surface area contributed by atoms with E-state index in [0.29, 0.717) is 5.36 Å². The average molecular weight is 211 g/mol. The molecule has 16 heavy (non-hydrogen) atoms. The third-order valence-corrected chi connectivity index (χ3v) is 2.12. The topological polar surface area (TPSA) is 46.5 Å². The molecular formula is C13H9NO2. The number of fused-ring (bicyclic) bond motifs is 1. The summed E-state index contributed by atoms with van der Waals surface area (Å²) in [6.07, 6.45) is 8.08. The van der Waals surface area contributed by atoms with E-state index in [1.165, 1.54) is 12.2 Å². The quantitative estimate of drug-likeness (QED) is 0.580. The molecule has 3 heteroatoms. The van der Waals surface area contributed by atoms with Crippen LogP contribution in [0.3, 0.4) is 0 Å². The monoisotopic (exact) mass is 211 g/mol. The molecule has 3 nitrogen and oxygen atoms in total. The van der Waals surface area contributed by atoms with E-state index in [9.17, 15) is 9.59 Å². The van der Waals surface area contributed by atoms with Gasteiger partial charge in [0.2, 0.25) is 5.78 Å². The molecule has 0 fully saturated rings. The van der Waals surface area contributed by atoms with Gasteiger partial charge in [0.1, 0.15) is 0 Å². The third-order valence-electron chi connectivity index (χ3n) is 2.12. The van der Waals surface area contributed by atoms with Gasteiger partial charge in [0.25, 0.3) is 0 Å². The highest BCUT2D eigenvalue weighted by atomic mass is 16.2. The lowest BCUT2D eigenvalue weighted by Gasteiger charge is -1.91. The van der Waals surface area contributed by atoms with Gasteiger partial charge < -0.3 is 0 Å². The normalized spacial score (nSPS) is 23.2. The highest BCUT2D eigenvalue weighted by molar-refractivity contribution is 6.41. The molecule has 0 radical (unpaired) electrons. The van der Waals surface area contributed by atoms with Gasteiger partial charge in [-0.15, -0.1) is 0 Å². The Balaban J connectivity index is 2.71. The van der Waals surface area contributed by atoms with E-state index < -0.39 is 11.7 Å². The van der Waals surface area contributed by atoms with Crippen LogP contribution in [-0.4, -0.2) is 11.7 Å². The second kappa shape index (κ2) is 4.49. The molecule has 1 amide bonds. The maximum absolute atomic E-state index is 11.4. The lowest BCUT2D eigenvalue weighted by Crippen LogP contribution is -2.27. The van der Waals surface area contributed by atoms with Crippen molar-refractivity contribution in [3.63, 3.8) is 0 Å². The molecule has 0 saturated carbocycles. The van der Waals surface area contributed by atoms with E-state index in [2.05, 4.69) is 4.99 Å². The Labute approximate surface area is 92.1 Å². The Bertz CT molecular complexity index is 609. The number of hydrogen-bond acceptors (Lipinski definition) is 2. The zero-order chi connectivity index (χ0) is 11.4. The lowest BCUT2D eigenvalue weighted by molar-refractivity contribution is -0.133. The lowest BCUT2D eigenvalue weighted by atomic mass is 10.2. The van der Waals surface area contributed by atoms with E-state index in [0.717, 1.165) is 5.22 Å². The zero-order valence-corrected chi connectivity index (χ0v) is 8.46. The number of carbonyl (C=O) groups excluding carboxylic acids is 2. The average Bonchev–Trinajstić information content (AvgIpc) is 2.30. The number of ketones is 1. The van der Waals surface area contributed by atoms with Gasteiger partial charge in [-0.25, -0.2) is 4.99 Å². The Morgan fingerprint density at radius 2 is 1.75 bits per heavy atom. The van der Waals surface area contributed by atoms with Crippen molar-refractivity contribution in [2.75, 3.05) is 0 Å². The van der Waals surface area contributed by atoms with Crippen molar-refractivity contribution in [2.24, 2.45) is 4.99 Å². The minimum Gasteiger partial charge on any atom is -0.284 e. The van der Waals surface area contributed by atoms with Gasteiger partial charge in [0.15, 0.2) is 0 Å². The van der Waals surface area contributed by atoms with E-state index in [-0.39, 0.29) is 0 Å². The van der Waals surface area contributed by atoms with Gasteiger partial charge in [-0.1, -0.05) is 42.5 Å². The van der Waals surface area contributed by atoms with Crippen molar-refractivity contribution in [3.05, 3.63) is 59.1 Å². The Morgan fingerprint density at radius 3 is 2.62 bits per heavy atom. The van der Waals surface area contributed by atoms with Crippen LogP contribution in [0.1, 0.15) is 0 Å². The van der Waals surface area contributed by atoms with Gasteiger partial charge in [-0.05, 0) is 12.1 Å². The van der Waals surface area contributed by atoms with E-state index in [4.69, 9.17) is 0 Å². The first-order valence-electron chi connectivity index (χ1n) is 4.84. The molecule has 2 rings (SSSR count). The van der Waals surface area contributed by atoms with Crippen molar-refractivity contribution in [1.82, 2.24) is 0 Å². The maximum Gasteiger partial charge on any atom is 0.317 e. The number of nitrogens with zero attached hydrogens (tertiary/aromatic N) is 1. The predicted molar refractivity (Wildman–Crippen MR) is 60.0 cm³/mol. The standard InChI is InChI=1S/C13H9NO2/c15-12-9-3-1-2-6-10-7-4-5-8-11(10)14-13(12)16/h1-9H/b2-1+,9-3-,10-6-,14-11+. The fourth-order valence-electron chi connectivity index (χ4n) is 1.33. The number of para-hydroxylation sites is 1. The molecule has 0 saturated heterocycles. The highest BCUT2D eigenvalue weighted by Crippen LogP contribution is 1.86. The highest BCUT2D eigenvalue weighted by Gasteiger charge is 2.07. The third kappa shape index (κ3) is 2.20. The fourth-order valence-corrected chi connectivity index (χ4v) is 1.33. The van der Waals surface area contributed by atoms with E-state index in [1.54, 1.807) is 24.3 Å². The molecule has 1 heterocycles. The van der Waals surface area contributed by atoms with Gasteiger partial charge in [0.05, 0.1) is 5.36 Å². The molecule has 0 aliphatic carbocycles. The second-order valence-electron chi connectivity index (χ2n) is 3.25. The molecule has 0 N–H and O–H groups in total. The first-order valence-corrected chi connectivity index (χ1v) is 4.84. The van der Waals surface area contributed by atoms with Gasteiger partial charge in [-0.2, -0.15) is 0 Å². The number of amides is 1. The maximum atomic E-state index is 11.4. The van der Waals surface area contributed by atoms with Gasteiger partial charge in [0, 0.05) is 5.22 Å². The van der Waals surface area contributed by atoms with Crippen LogP contribution in [-0.2, 0) is 9.59 Å². The summed E-state index contributed by atoms with van der Waals surface area (Å²) in [7, 11) is 0. The number of allylic oxidation sites excluding steroid dienone is 3. The molecule has 1 aromatic carbocycles. The smallest absolute Gasteiger partial charge is 0.284 e. The van der Waals surface area contributed by atoms with Crippen LogP contribution in [0.4, 0.5) is 0 Å². The molecular weight excluding hydrogens is 202 g/mol. The first kappa shape index (κ1) is 10.2. The predicted octanol–water partition coefficient (Wildman–Crippen LogP) is 0.308. The van der Waals surface area contributed by atoms with Crippen LogP contribution in [0.15, 0.2) is 53.6 Å². The Kier molecular flexibility index (Phi) is 2.87. The molecule has 1 aliphatic heterocycles. The molecule has 1 aromatic rings. The van der Waals surface area contributed by atoms with Crippen LogP contribution >= 0.6 is 0 Å². The molecule has 78 valence electrons. The van der Waals surface area contributed by atoms with Crippen LogP contribution < -0.4 is 10.6 Å². The van der Waals surface area contributed by atoms with Crippen LogP contribution in [0, 0.1) is 0 Å². The number of hydrogen-bond donors (Lipinski definition) is 0. The Morgan fingerprint density at radius 1 is 0.938 bits per heavy atom. The SMILES string of the molecule is O=C1\C=C/C=C/C=c2/cccc/c2=N\C1=O. The summed E-state index contributed by atoms with van der Waals surface area (Å²) in [5.41, 5.74) is 0. The first-order chi connectivity index (χ1) is 7.77. The molecule has 1 aliphatic rings. The molecule has 0 spiro atoms. The van der Waals surface area contributed by atoms with Crippen molar-refractivity contribution < 1.29 is 9.59 Å². The van der Waals surface area contributed by atoms with Crippen molar-refractivity contribution in [1.29, 1.82) is 0 Å². The summed E-state index contributed by atoms with van der Waals surface area (Å²) in [6, 6.07) is 7.17. The minimum atomic E-state index is -0.743. The van der Waals surface area contributed by atoms with Crippen LogP contribution in [0.2, 0.25) is 0 Å². The molecule has 0 aromatic heterocycles. The van der Waals surface area contributed by atoms with Crippen molar-refractivity contribution in [2.45, 2.75) is 0 Å². The molecule has 0 bridgehead atoms. The minimum absolute atomic E-state index is 0.515. The molecule has 0 unspecified atom stereocenters. The summed E-state index contributed by atoms with van der Waals surface area (Å²) in [4.78, 5) is 26.4. The van der Waals surface area contributed by atoms with Crippen LogP contribution in [0.25, 0.3) is 6.08 Å².